The molecule has 84 valence electrons. The lowest BCUT2D eigenvalue weighted by molar-refractivity contribution is -0.736. The summed E-state index contributed by atoms with van der Waals surface area (Å²) in [6, 6.07) is 3.35. The summed E-state index contributed by atoms with van der Waals surface area (Å²) in [5, 5.41) is 2.79. The standard InChI is InChI=1S/C11H13N3O2/c15-11(10-3-1-8-16-10)13-4-2-6-14-7-5-12-9-14/h1,3,5,7-9H,2,4,6H2,(H,13,15)/p+1. The number of carbonyl (C=O) groups excluding carboxylic acids is 1. The fraction of sp³-hybridized carbons (Fsp3) is 0.273. The van der Waals surface area contributed by atoms with Crippen molar-refractivity contribution in [3.63, 3.8) is 0 Å². The molecule has 0 aromatic carbocycles. The summed E-state index contributed by atoms with van der Waals surface area (Å²) < 4.78 is 4.98. The van der Waals surface area contributed by atoms with E-state index in [0.29, 0.717) is 12.3 Å². The molecular weight excluding hydrogens is 206 g/mol. The number of hydrogen-bond donors (Lipinski definition) is 2. The zero-order valence-corrected chi connectivity index (χ0v) is 8.85. The van der Waals surface area contributed by atoms with Gasteiger partial charge in [0.25, 0.3) is 5.91 Å². The van der Waals surface area contributed by atoms with E-state index in [1.807, 2.05) is 12.5 Å². The van der Waals surface area contributed by atoms with Crippen LogP contribution in [-0.4, -0.2) is 25.3 Å². The highest BCUT2D eigenvalue weighted by molar-refractivity contribution is 5.91. The zero-order chi connectivity index (χ0) is 11.2. The van der Waals surface area contributed by atoms with Gasteiger partial charge in [-0.25, -0.2) is 4.99 Å². The minimum Gasteiger partial charge on any atom is -0.459 e. The Kier molecular flexibility index (Phi) is 3.50. The zero-order valence-electron chi connectivity index (χ0n) is 8.85. The van der Waals surface area contributed by atoms with Crippen molar-refractivity contribution < 1.29 is 14.1 Å². The lowest BCUT2D eigenvalue weighted by atomic mass is 10.3. The van der Waals surface area contributed by atoms with Crippen molar-refractivity contribution in [1.82, 2.24) is 5.32 Å². The quantitative estimate of drug-likeness (QED) is 0.675. The summed E-state index contributed by atoms with van der Waals surface area (Å²) in [7, 11) is 0. The number of quaternary nitrogens is 1. The highest BCUT2D eigenvalue weighted by Crippen LogP contribution is 1.98. The number of furan rings is 1. The van der Waals surface area contributed by atoms with E-state index in [1.54, 1.807) is 18.3 Å². The van der Waals surface area contributed by atoms with Gasteiger partial charge in [-0.1, -0.05) is 0 Å². The summed E-state index contributed by atoms with van der Waals surface area (Å²) >= 11 is 0. The average molecular weight is 220 g/mol. The molecule has 2 rings (SSSR count). The first kappa shape index (κ1) is 10.6. The number of nitrogens with one attached hydrogen (secondary N) is 2. The molecule has 5 nitrogen and oxygen atoms in total. The summed E-state index contributed by atoms with van der Waals surface area (Å²) in [6.45, 7) is 1.57. The first-order valence-corrected chi connectivity index (χ1v) is 5.23. The highest BCUT2D eigenvalue weighted by Gasteiger charge is 2.08. The smallest absolute Gasteiger partial charge is 0.286 e. The molecule has 2 N–H and O–H groups in total. The number of hydrogen-bond acceptors (Lipinski definition) is 3. The molecule has 0 fully saturated rings. The van der Waals surface area contributed by atoms with E-state index in [4.69, 9.17) is 4.42 Å². The monoisotopic (exact) mass is 220 g/mol. The van der Waals surface area contributed by atoms with E-state index >= 15 is 0 Å². The molecule has 1 aliphatic heterocycles. The van der Waals surface area contributed by atoms with Crippen LogP contribution in [-0.2, 0) is 0 Å². The van der Waals surface area contributed by atoms with Crippen LogP contribution >= 0.6 is 0 Å². The van der Waals surface area contributed by atoms with E-state index in [-0.39, 0.29) is 5.91 Å². The molecule has 1 amide bonds. The highest BCUT2D eigenvalue weighted by atomic mass is 16.3. The van der Waals surface area contributed by atoms with Gasteiger partial charge in [-0.05, 0) is 12.1 Å². The Bertz CT molecular complexity index is 383. The Morgan fingerprint density at radius 2 is 2.50 bits per heavy atom. The maximum atomic E-state index is 11.4. The van der Waals surface area contributed by atoms with Crippen molar-refractivity contribution in [2.75, 3.05) is 13.1 Å². The van der Waals surface area contributed by atoms with Crippen LogP contribution in [0.1, 0.15) is 17.0 Å². The van der Waals surface area contributed by atoms with Gasteiger partial charge in [0, 0.05) is 13.0 Å². The Labute approximate surface area is 93.5 Å². The van der Waals surface area contributed by atoms with Crippen LogP contribution in [0.2, 0.25) is 0 Å². The van der Waals surface area contributed by atoms with Crippen LogP contribution < -0.4 is 10.2 Å². The molecule has 1 aliphatic rings. The lowest BCUT2D eigenvalue weighted by Crippen LogP contribution is -3.05. The van der Waals surface area contributed by atoms with E-state index in [2.05, 4.69) is 10.3 Å². The van der Waals surface area contributed by atoms with Crippen molar-refractivity contribution in [2.45, 2.75) is 6.42 Å². The number of amides is 1. The summed E-state index contributed by atoms with van der Waals surface area (Å²) in [5.41, 5.74) is 0. The fourth-order valence-electron chi connectivity index (χ4n) is 1.46. The third-order valence-electron chi connectivity index (χ3n) is 2.29. The molecule has 0 saturated carbocycles. The second-order valence-corrected chi connectivity index (χ2v) is 3.51. The van der Waals surface area contributed by atoms with Crippen LogP contribution in [0.25, 0.3) is 0 Å². The fourth-order valence-corrected chi connectivity index (χ4v) is 1.46. The largest absolute Gasteiger partial charge is 0.459 e. The molecule has 2 heterocycles. The SMILES string of the molecule is O=C(NCCC[NH+]1C=CN=C1)c1ccco1. The first-order chi connectivity index (χ1) is 7.86. The summed E-state index contributed by atoms with van der Waals surface area (Å²) in [5.74, 6) is 0.195. The van der Waals surface area contributed by atoms with Gasteiger partial charge in [-0.15, -0.1) is 0 Å². The van der Waals surface area contributed by atoms with E-state index < -0.39 is 0 Å². The Hall–Kier alpha value is -1.88. The molecule has 16 heavy (non-hydrogen) atoms. The topological polar surface area (TPSA) is 59.0 Å². The maximum absolute atomic E-state index is 11.4. The van der Waals surface area contributed by atoms with Crippen LogP contribution in [0.5, 0.6) is 0 Å². The average Bonchev–Trinajstić information content (AvgIpc) is 2.96. The van der Waals surface area contributed by atoms with Gasteiger partial charge in [0.15, 0.2) is 12.1 Å². The first-order valence-electron chi connectivity index (χ1n) is 5.23. The van der Waals surface area contributed by atoms with E-state index in [1.165, 1.54) is 11.2 Å². The third-order valence-corrected chi connectivity index (χ3v) is 2.29. The summed E-state index contributed by atoms with van der Waals surface area (Å²) in [4.78, 5) is 16.6. The van der Waals surface area contributed by atoms with Gasteiger partial charge in [-0.2, -0.15) is 0 Å². The van der Waals surface area contributed by atoms with Crippen LogP contribution in [0.3, 0.4) is 0 Å². The van der Waals surface area contributed by atoms with E-state index in [0.717, 1.165) is 13.0 Å². The normalized spacial score (nSPS) is 17.9. The van der Waals surface area contributed by atoms with Gasteiger partial charge >= 0.3 is 0 Å². The summed E-state index contributed by atoms with van der Waals surface area (Å²) in [6.07, 6.45) is 7.99. The number of rotatable bonds is 5. The molecule has 1 aromatic heterocycles. The van der Waals surface area contributed by atoms with Gasteiger partial charge in [-0.3, -0.25) is 9.69 Å². The number of aliphatic imine (C=N–C) groups is 1. The Morgan fingerprint density at radius 1 is 1.56 bits per heavy atom. The molecule has 0 spiro atoms. The van der Waals surface area contributed by atoms with Crippen LogP contribution in [0.15, 0.2) is 40.2 Å². The van der Waals surface area contributed by atoms with Crippen LogP contribution in [0, 0.1) is 0 Å². The lowest BCUT2D eigenvalue weighted by Gasteiger charge is -2.05. The Morgan fingerprint density at radius 3 is 3.19 bits per heavy atom. The second-order valence-electron chi connectivity index (χ2n) is 3.51. The molecule has 1 aromatic rings. The van der Waals surface area contributed by atoms with Crippen LogP contribution in [0.4, 0.5) is 0 Å². The molecule has 0 radical (unpaired) electrons. The maximum Gasteiger partial charge on any atom is 0.286 e. The van der Waals surface area contributed by atoms with Crippen molar-refractivity contribution in [1.29, 1.82) is 0 Å². The van der Waals surface area contributed by atoms with Crippen molar-refractivity contribution in [2.24, 2.45) is 4.99 Å². The molecule has 1 atom stereocenters. The predicted molar refractivity (Wildman–Crippen MR) is 59.1 cm³/mol. The molecule has 1 unspecified atom stereocenters. The van der Waals surface area contributed by atoms with E-state index in [9.17, 15) is 4.79 Å². The number of nitrogens with zero attached hydrogens (tertiary/aromatic N) is 1. The van der Waals surface area contributed by atoms with Crippen molar-refractivity contribution >= 4 is 12.2 Å². The molecular formula is C11H14N3O2+. The molecule has 5 heteroatoms. The van der Waals surface area contributed by atoms with Gasteiger partial charge in [0.05, 0.1) is 19.0 Å². The third kappa shape index (κ3) is 2.80. The minimum atomic E-state index is -0.161. The molecule has 0 saturated heterocycles. The van der Waals surface area contributed by atoms with Gasteiger partial charge in [0.1, 0.15) is 6.20 Å². The minimum absolute atomic E-state index is 0.161. The number of carbonyl (C=O) groups is 1. The molecule has 0 aliphatic carbocycles. The molecule has 0 bridgehead atoms. The van der Waals surface area contributed by atoms with Crippen molar-refractivity contribution in [3.05, 3.63) is 36.6 Å². The predicted octanol–water partition coefficient (Wildman–Crippen LogP) is -0.202. The second kappa shape index (κ2) is 5.27. The van der Waals surface area contributed by atoms with Crippen molar-refractivity contribution in [3.8, 4) is 0 Å². The van der Waals surface area contributed by atoms with Gasteiger partial charge in [0.2, 0.25) is 0 Å². The Balaban J connectivity index is 1.63. The van der Waals surface area contributed by atoms with Gasteiger partial charge < -0.3 is 9.73 Å².